The van der Waals surface area contributed by atoms with E-state index in [0.717, 1.165) is 5.56 Å². The monoisotopic (exact) mass is 287 g/mol. The van der Waals surface area contributed by atoms with E-state index in [9.17, 15) is 4.79 Å². The van der Waals surface area contributed by atoms with E-state index in [4.69, 9.17) is 28.3 Å². The van der Waals surface area contributed by atoms with Crippen LogP contribution >= 0.6 is 23.2 Å². The van der Waals surface area contributed by atoms with Crippen LogP contribution < -0.4 is 5.32 Å². The van der Waals surface area contributed by atoms with Gasteiger partial charge in [-0.2, -0.15) is 0 Å². The molecule has 1 atom stereocenters. The fourth-order valence-corrected chi connectivity index (χ4v) is 1.49. The maximum Gasteiger partial charge on any atom is 0.244 e. The van der Waals surface area contributed by atoms with Gasteiger partial charge in [-0.3, -0.25) is 4.79 Å². The van der Waals surface area contributed by atoms with Crippen molar-refractivity contribution in [2.45, 2.75) is 6.92 Å². The Kier molecular flexibility index (Phi) is 6.19. The first-order chi connectivity index (χ1) is 8.52. The Morgan fingerprint density at radius 1 is 1.44 bits per heavy atom. The van der Waals surface area contributed by atoms with Crippen LogP contribution in [0.4, 0.5) is 0 Å². The van der Waals surface area contributed by atoms with Crippen LogP contribution in [-0.4, -0.2) is 24.2 Å². The number of amides is 1. The highest BCUT2D eigenvalue weighted by atomic mass is 35.5. The predicted molar refractivity (Wildman–Crippen MR) is 74.8 cm³/mol. The molecular weight excluding hydrogens is 273 g/mol. The van der Waals surface area contributed by atoms with Crippen molar-refractivity contribution in [3.63, 3.8) is 0 Å². The number of carbonyl (C=O) groups is 1. The van der Waals surface area contributed by atoms with Gasteiger partial charge in [0.2, 0.25) is 5.91 Å². The Morgan fingerprint density at radius 2 is 2.17 bits per heavy atom. The second-order valence-electron chi connectivity index (χ2n) is 4.04. The second-order valence-corrected chi connectivity index (χ2v) is 4.85. The summed E-state index contributed by atoms with van der Waals surface area (Å²) in [6, 6.07) is 5.13. The summed E-state index contributed by atoms with van der Waals surface area (Å²) in [5, 5.41) is 12.4. The van der Waals surface area contributed by atoms with E-state index in [2.05, 4.69) is 5.32 Å². The zero-order valence-corrected chi connectivity index (χ0v) is 11.5. The van der Waals surface area contributed by atoms with Crippen molar-refractivity contribution in [3.05, 3.63) is 39.9 Å². The third-order valence-corrected chi connectivity index (χ3v) is 3.05. The minimum atomic E-state index is -0.207. The molecule has 0 aliphatic rings. The summed E-state index contributed by atoms with van der Waals surface area (Å²) in [6.07, 6.45) is 3.07. The lowest BCUT2D eigenvalue weighted by molar-refractivity contribution is -0.116. The van der Waals surface area contributed by atoms with E-state index in [0.29, 0.717) is 16.6 Å². The molecule has 2 N–H and O–H groups in total. The largest absolute Gasteiger partial charge is 0.396 e. The molecule has 1 aromatic carbocycles. The van der Waals surface area contributed by atoms with Crippen molar-refractivity contribution in [1.82, 2.24) is 5.32 Å². The second kappa shape index (κ2) is 7.41. The Balaban J connectivity index is 2.53. The predicted octanol–water partition coefficient (Wildman–Crippen LogP) is 2.75. The van der Waals surface area contributed by atoms with Crippen molar-refractivity contribution in [2.75, 3.05) is 13.2 Å². The number of benzene rings is 1. The van der Waals surface area contributed by atoms with Crippen LogP contribution in [0.5, 0.6) is 0 Å². The van der Waals surface area contributed by atoms with Crippen LogP contribution in [0.1, 0.15) is 12.5 Å². The van der Waals surface area contributed by atoms with Gasteiger partial charge in [-0.1, -0.05) is 36.2 Å². The summed E-state index contributed by atoms with van der Waals surface area (Å²) in [5.41, 5.74) is 0.801. The van der Waals surface area contributed by atoms with Crippen LogP contribution in [0.2, 0.25) is 10.0 Å². The minimum absolute atomic E-state index is 0.0485. The Bertz CT molecular complexity index is 447. The number of aliphatic hydroxyl groups is 1. The van der Waals surface area contributed by atoms with Crippen LogP contribution in [0.25, 0.3) is 6.08 Å². The van der Waals surface area contributed by atoms with Gasteiger partial charge in [0.05, 0.1) is 10.0 Å². The quantitative estimate of drug-likeness (QED) is 0.818. The number of hydrogen-bond acceptors (Lipinski definition) is 2. The minimum Gasteiger partial charge on any atom is -0.396 e. The van der Waals surface area contributed by atoms with Crippen molar-refractivity contribution in [3.8, 4) is 0 Å². The highest BCUT2D eigenvalue weighted by Gasteiger charge is 2.02. The molecule has 0 fully saturated rings. The van der Waals surface area contributed by atoms with E-state index in [-0.39, 0.29) is 18.4 Å². The van der Waals surface area contributed by atoms with Gasteiger partial charge >= 0.3 is 0 Å². The molecule has 0 saturated carbocycles. The molecule has 0 bridgehead atoms. The van der Waals surface area contributed by atoms with E-state index in [1.807, 2.05) is 6.92 Å². The molecule has 3 nitrogen and oxygen atoms in total. The topological polar surface area (TPSA) is 49.3 Å². The number of carbonyl (C=O) groups excluding carboxylic acids is 1. The van der Waals surface area contributed by atoms with Gasteiger partial charge in [0, 0.05) is 19.2 Å². The normalized spacial score (nSPS) is 12.7. The number of rotatable bonds is 5. The summed E-state index contributed by atoms with van der Waals surface area (Å²) < 4.78 is 0. The molecule has 0 heterocycles. The first-order valence-electron chi connectivity index (χ1n) is 5.54. The van der Waals surface area contributed by atoms with Gasteiger partial charge < -0.3 is 10.4 Å². The van der Waals surface area contributed by atoms with Crippen LogP contribution in [0.15, 0.2) is 24.3 Å². The van der Waals surface area contributed by atoms with Gasteiger partial charge in [0.15, 0.2) is 0 Å². The molecule has 98 valence electrons. The number of halogens is 2. The Labute approximate surface area is 116 Å². The fraction of sp³-hybridized carbons (Fsp3) is 0.308. The van der Waals surface area contributed by atoms with Gasteiger partial charge in [0.1, 0.15) is 0 Å². The molecule has 0 saturated heterocycles. The van der Waals surface area contributed by atoms with Crippen LogP contribution in [0, 0.1) is 5.92 Å². The molecular formula is C13H15Cl2NO2. The molecule has 1 aromatic rings. The maximum atomic E-state index is 11.5. The van der Waals surface area contributed by atoms with Gasteiger partial charge in [-0.15, -0.1) is 0 Å². The molecule has 1 rings (SSSR count). The van der Waals surface area contributed by atoms with E-state index < -0.39 is 0 Å². The third kappa shape index (κ3) is 5.08. The third-order valence-electron chi connectivity index (χ3n) is 2.31. The van der Waals surface area contributed by atoms with Crippen molar-refractivity contribution >= 4 is 35.2 Å². The van der Waals surface area contributed by atoms with E-state index in [1.165, 1.54) is 6.08 Å². The van der Waals surface area contributed by atoms with Gasteiger partial charge in [0.25, 0.3) is 0 Å². The fourth-order valence-electron chi connectivity index (χ4n) is 1.19. The maximum absolute atomic E-state index is 11.5. The molecule has 0 aliphatic carbocycles. The molecule has 0 radical (unpaired) electrons. The zero-order chi connectivity index (χ0) is 13.5. The molecule has 0 spiro atoms. The lowest BCUT2D eigenvalue weighted by Crippen LogP contribution is -2.27. The molecule has 5 heteroatoms. The zero-order valence-electron chi connectivity index (χ0n) is 9.99. The number of nitrogens with one attached hydrogen (secondary N) is 1. The Morgan fingerprint density at radius 3 is 2.78 bits per heavy atom. The summed E-state index contributed by atoms with van der Waals surface area (Å²) in [5.74, 6) is -0.159. The van der Waals surface area contributed by atoms with Gasteiger partial charge in [-0.25, -0.2) is 0 Å². The first kappa shape index (κ1) is 15.0. The lowest BCUT2D eigenvalue weighted by Gasteiger charge is -2.07. The molecule has 18 heavy (non-hydrogen) atoms. The first-order valence-corrected chi connectivity index (χ1v) is 6.30. The molecule has 1 amide bonds. The standard InChI is InChI=1S/C13H15Cl2NO2/c1-9(8-17)7-16-13(18)5-3-10-2-4-11(14)12(15)6-10/h2-6,9,17H,7-8H2,1H3,(H,16,18). The molecule has 0 aliphatic heterocycles. The van der Waals surface area contributed by atoms with Crippen LogP contribution in [-0.2, 0) is 4.79 Å². The average Bonchev–Trinajstić information content (AvgIpc) is 2.37. The Hall–Kier alpha value is -1.03. The van der Waals surface area contributed by atoms with E-state index >= 15 is 0 Å². The summed E-state index contributed by atoms with van der Waals surface area (Å²) in [6.45, 7) is 2.35. The van der Waals surface area contributed by atoms with E-state index in [1.54, 1.807) is 24.3 Å². The highest BCUT2D eigenvalue weighted by molar-refractivity contribution is 6.42. The summed E-state index contributed by atoms with van der Waals surface area (Å²) >= 11 is 11.6. The van der Waals surface area contributed by atoms with Crippen molar-refractivity contribution < 1.29 is 9.90 Å². The number of aliphatic hydroxyl groups excluding tert-OH is 1. The lowest BCUT2D eigenvalue weighted by atomic mass is 10.2. The SMILES string of the molecule is CC(CO)CNC(=O)C=Cc1ccc(Cl)c(Cl)c1. The summed E-state index contributed by atoms with van der Waals surface area (Å²) in [7, 11) is 0. The summed E-state index contributed by atoms with van der Waals surface area (Å²) in [4.78, 5) is 11.5. The average molecular weight is 288 g/mol. The van der Waals surface area contributed by atoms with Crippen molar-refractivity contribution in [1.29, 1.82) is 0 Å². The molecule has 1 unspecified atom stereocenters. The van der Waals surface area contributed by atoms with Crippen LogP contribution in [0.3, 0.4) is 0 Å². The molecule has 0 aromatic heterocycles. The number of hydrogen-bond donors (Lipinski definition) is 2. The highest BCUT2D eigenvalue weighted by Crippen LogP contribution is 2.22. The van der Waals surface area contributed by atoms with Gasteiger partial charge in [-0.05, 0) is 29.7 Å². The smallest absolute Gasteiger partial charge is 0.244 e. The van der Waals surface area contributed by atoms with Crippen molar-refractivity contribution in [2.24, 2.45) is 5.92 Å².